The zero-order valence-electron chi connectivity index (χ0n) is 16.4. The van der Waals surface area contributed by atoms with Crippen LogP contribution in [0.2, 0.25) is 0 Å². The molecule has 2 atom stereocenters. The Morgan fingerprint density at radius 1 is 1.19 bits per heavy atom. The van der Waals surface area contributed by atoms with Gasteiger partial charge in [0.1, 0.15) is 5.56 Å². The van der Waals surface area contributed by atoms with E-state index in [0.717, 1.165) is 11.1 Å². The molecule has 0 radical (unpaired) electrons. The van der Waals surface area contributed by atoms with E-state index in [2.05, 4.69) is 15.4 Å². The largest absolute Gasteiger partial charge is 0.391 e. The van der Waals surface area contributed by atoms with Crippen LogP contribution in [-0.2, 0) is 0 Å². The number of aliphatic hydroxyl groups is 1. The van der Waals surface area contributed by atoms with Crippen LogP contribution in [0.25, 0.3) is 16.9 Å². The highest BCUT2D eigenvalue weighted by molar-refractivity contribution is 5.95. The summed E-state index contributed by atoms with van der Waals surface area (Å²) in [5.74, 6) is -0.624. The second-order valence-corrected chi connectivity index (χ2v) is 7.37. The summed E-state index contributed by atoms with van der Waals surface area (Å²) in [5.41, 5.74) is 0.140. The molecule has 1 fully saturated rings. The SMILES string of the molecule is O=C(N[C@H]1CCC[C@@H]1O)c1cc(-c2ccc(C(F)F)cc2)nn(-c2cccnc2)c1=O. The second kappa shape index (κ2) is 8.73. The molecule has 2 heterocycles. The molecule has 1 aliphatic rings. The Kier molecular flexibility index (Phi) is 5.85. The highest BCUT2D eigenvalue weighted by Crippen LogP contribution is 2.24. The van der Waals surface area contributed by atoms with Gasteiger partial charge in [-0.15, -0.1) is 0 Å². The van der Waals surface area contributed by atoms with Crippen LogP contribution < -0.4 is 10.9 Å². The summed E-state index contributed by atoms with van der Waals surface area (Å²) in [5, 5.41) is 17.1. The first-order valence-electron chi connectivity index (χ1n) is 9.86. The summed E-state index contributed by atoms with van der Waals surface area (Å²) in [4.78, 5) is 29.9. The van der Waals surface area contributed by atoms with Crippen LogP contribution in [0.5, 0.6) is 0 Å². The predicted molar refractivity (Wildman–Crippen MR) is 109 cm³/mol. The molecular weight excluding hydrogens is 406 g/mol. The van der Waals surface area contributed by atoms with Gasteiger partial charge in [0.25, 0.3) is 17.9 Å². The number of benzene rings is 1. The van der Waals surface area contributed by atoms with E-state index in [1.165, 1.54) is 42.7 Å². The number of carbonyl (C=O) groups is 1. The number of nitrogens with one attached hydrogen (secondary N) is 1. The average molecular weight is 426 g/mol. The van der Waals surface area contributed by atoms with E-state index in [1.807, 2.05) is 0 Å². The number of nitrogens with zero attached hydrogens (tertiary/aromatic N) is 3. The van der Waals surface area contributed by atoms with Crippen LogP contribution in [0.4, 0.5) is 8.78 Å². The maximum Gasteiger partial charge on any atom is 0.284 e. The molecule has 2 aromatic heterocycles. The van der Waals surface area contributed by atoms with E-state index in [0.29, 0.717) is 24.1 Å². The first kappa shape index (κ1) is 20.8. The lowest BCUT2D eigenvalue weighted by Crippen LogP contribution is -2.42. The van der Waals surface area contributed by atoms with Crippen LogP contribution in [0.1, 0.15) is 41.6 Å². The Labute approximate surface area is 176 Å². The van der Waals surface area contributed by atoms with Gasteiger partial charge in [-0.3, -0.25) is 14.6 Å². The van der Waals surface area contributed by atoms with Crippen molar-refractivity contribution < 1.29 is 18.7 Å². The van der Waals surface area contributed by atoms with Crippen molar-refractivity contribution in [1.29, 1.82) is 0 Å². The molecule has 2 N–H and O–H groups in total. The molecule has 0 aliphatic heterocycles. The monoisotopic (exact) mass is 426 g/mol. The van der Waals surface area contributed by atoms with Gasteiger partial charge in [0.15, 0.2) is 0 Å². The van der Waals surface area contributed by atoms with Gasteiger partial charge in [-0.2, -0.15) is 9.78 Å². The van der Waals surface area contributed by atoms with Gasteiger partial charge in [0.05, 0.1) is 29.7 Å². The van der Waals surface area contributed by atoms with Gasteiger partial charge >= 0.3 is 0 Å². The lowest BCUT2D eigenvalue weighted by Gasteiger charge is -2.17. The number of amides is 1. The molecular formula is C22H20F2N4O3. The fraction of sp³-hybridized carbons (Fsp3) is 0.273. The van der Waals surface area contributed by atoms with Gasteiger partial charge in [-0.1, -0.05) is 24.3 Å². The molecule has 3 aromatic rings. The van der Waals surface area contributed by atoms with E-state index in [9.17, 15) is 23.5 Å². The van der Waals surface area contributed by atoms with Gasteiger partial charge in [-0.05, 0) is 37.5 Å². The first-order chi connectivity index (χ1) is 14.9. The summed E-state index contributed by atoms with van der Waals surface area (Å²) in [6.07, 6.45) is 1.69. The number of carbonyl (C=O) groups excluding carboxylic acids is 1. The quantitative estimate of drug-likeness (QED) is 0.654. The average Bonchev–Trinajstić information content (AvgIpc) is 3.18. The highest BCUT2D eigenvalue weighted by Gasteiger charge is 2.28. The Morgan fingerprint density at radius 3 is 2.58 bits per heavy atom. The number of pyridine rings is 1. The van der Waals surface area contributed by atoms with Crippen LogP contribution in [0.3, 0.4) is 0 Å². The van der Waals surface area contributed by atoms with Crippen molar-refractivity contribution in [2.45, 2.75) is 37.8 Å². The minimum atomic E-state index is -2.61. The Balaban J connectivity index is 1.79. The summed E-state index contributed by atoms with van der Waals surface area (Å²) >= 11 is 0. The molecule has 0 spiro atoms. The molecule has 0 saturated heterocycles. The molecule has 1 aliphatic carbocycles. The van der Waals surface area contributed by atoms with Crippen LogP contribution in [0.15, 0.2) is 59.7 Å². The van der Waals surface area contributed by atoms with Gasteiger partial charge in [0, 0.05) is 17.3 Å². The fourth-order valence-electron chi connectivity index (χ4n) is 3.61. The number of aromatic nitrogens is 3. The minimum Gasteiger partial charge on any atom is -0.391 e. The summed E-state index contributed by atoms with van der Waals surface area (Å²) in [6, 6.07) is 9.62. The molecule has 0 unspecified atom stereocenters. The van der Waals surface area contributed by atoms with Crippen LogP contribution in [0, 0.1) is 0 Å². The van der Waals surface area contributed by atoms with Crippen molar-refractivity contribution in [2.24, 2.45) is 0 Å². The van der Waals surface area contributed by atoms with Crippen molar-refractivity contribution >= 4 is 5.91 Å². The van der Waals surface area contributed by atoms with Gasteiger partial charge in [0.2, 0.25) is 0 Å². The zero-order valence-corrected chi connectivity index (χ0v) is 16.4. The van der Waals surface area contributed by atoms with Crippen molar-refractivity contribution in [3.8, 4) is 16.9 Å². The third-order valence-corrected chi connectivity index (χ3v) is 5.30. The van der Waals surface area contributed by atoms with E-state index < -0.39 is 30.0 Å². The smallest absolute Gasteiger partial charge is 0.284 e. The third kappa shape index (κ3) is 4.36. The number of alkyl halides is 2. The summed E-state index contributed by atoms with van der Waals surface area (Å²) in [7, 11) is 0. The summed E-state index contributed by atoms with van der Waals surface area (Å²) in [6.45, 7) is 0. The van der Waals surface area contributed by atoms with E-state index in [1.54, 1.807) is 12.1 Å². The van der Waals surface area contributed by atoms with E-state index >= 15 is 0 Å². The van der Waals surface area contributed by atoms with Crippen molar-refractivity contribution in [3.05, 3.63) is 76.3 Å². The lowest BCUT2D eigenvalue weighted by molar-refractivity contribution is 0.0871. The molecule has 31 heavy (non-hydrogen) atoms. The Morgan fingerprint density at radius 2 is 1.97 bits per heavy atom. The van der Waals surface area contributed by atoms with Crippen molar-refractivity contribution in [2.75, 3.05) is 0 Å². The van der Waals surface area contributed by atoms with Crippen LogP contribution in [-0.4, -0.2) is 37.9 Å². The molecule has 1 saturated carbocycles. The van der Waals surface area contributed by atoms with Crippen molar-refractivity contribution in [1.82, 2.24) is 20.1 Å². The molecule has 160 valence electrons. The standard InChI is InChI=1S/C22H20F2N4O3/c23-20(24)14-8-6-13(7-9-14)18-11-16(21(30)26-17-4-1-5-19(17)29)22(31)28(27-18)15-3-2-10-25-12-15/h2-3,6-12,17,19-20,29H,1,4-5H2,(H,26,30)/t17-,19-/m0/s1. The normalized spacial score (nSPS) is 18.3. The zero-order chi connectivity index (χ0) is 22.0. The number of rotatable bonds is 5. The van der Waals surface area contributed by atoms with Crippen LogP contribution >= 0.6 is 0 Å². The molecule has 9 heteroatoms. The summed E-state index contributed by atoms with van der Waals surface area (Å²) < 4.78 is 26.8. The third-order valence-electron chi connectivity index (χ3n) is 5.30. The molecule has 0 bridgehead atoms. The molecule has 1 aromatic carbocycles. The second-order valence-electron chi connectivity index (χ2n) is 7.37. The molecule has 7 nitrogen and oxygen atoms in total. The number of hydrogen-bond donors (Lipinski definition) is 2. The highest BCUT2D eigenvalue weighted by atomic mass is 19.3. The van der Waals surface area contributed by atoms with Crippen molar-refractivity contribution in [3.63, 3.8) is 0 Å². The topological polar surface area (TPSA) is 97.1 Å². The lowest BCUT2D eigenvalue weighted by atomic mass is 10.1. The fourth-order valence-corrected chi connectivity index (χ4v) is 3.61. The van der Waals surface area contributed by atoms with Gasteiger partial charge in [-0.25, -0.2) is 8.78 Å². The molecule has 1 amide bonds. The minimum absolute atomic E-state index is 0.141. The number of halogens is 2. The maximum atomic E-state index is 13.0. The van der Waals surface area contributed by atoms with Gasteiger partial charge < -0.3 is 10.4 Å². The predicted octanol–water partition coefficient (Wildman–Crippen LogP) is 2.88. The van der Waals surface area contributed by atoms with E-state index in [4.69, 9.17) is 0 Å². The number of aliphatic hydroxyl groups excluding tert-OH is 1. The first-order valence-corrected chi connectivity index (χ1v) is 9.86. The Hall–Kier alpha value is -3.46. The van der Waals surface area contributed by atoms with E-state index in [-0.39, 0.29) is 16.8 Å². The Bertz CT molecular complexity index is 1130. The maximum absolute atomic E-state index is 13.0. The molecule has 4 rings (SSSR count). The number of hydrogen-bond acceptors (Lipinski definition) is 5.